The highest BCUT2D eigenvalue weighted by atomic mass is 35.5. The standard InChI is InChI=1S/C17H14ClNO5/c1-10-3-5-13(11(2)7-10)16(20)9-24-17(21)12-4-6-14(18)15(8-12)19(22)23/h3-8H,9H2,1-2H3. The zero-order valence-electron chi connectivity index (χ0n) is 13.0. The number of aryl methyl sites for hydroxylation is 2. The van der Waals surface area contributed by atoms with Crippen molar-refractivity contribution in [3.63, 3.8) is 0 Å². The Balaban J connectivity index is 2.09. The topological polar surface area (TPSA) is 86.5 Å². The summed E-state index contributed by atoms with van der Waals surface area (Å²) in [6, 6.07) is 8.89. The van der Waals surface area contributed by atoms with Crippen LogP contribution in [-0.2, 0) is 4.74 Å². The number of ketones is 1. The average Bonchev–Trinajstić information content (AvgIpc) is 2.52. The van der Waals surface area contributed by atoms with Crippen molar-refractivity contribution in [2.24, 2.45) is 0 Å². The van der Waals surface area contributed by atoms with Gasteiger partial charge in [0.2, 0.25) is 5.78 Å². The van der Waals surface area contributed by atoms with Crippen LogP contribution in [0.3, 0.4) is 0 Å². The summed E-state index contributed by atoms with van der Waals surface area (Å²) >= 11 is 5.69. The van der Waals surface area contributed by atoms with Gasteiger partial charge in [0.1, 0.15) is 5.02 Å². The van der Waals surface area contributed by atoms with Crippen molar-refractivity contribution in [3.8, 4) is 0 Å². The Hall–Kier alpha value is -2.73. The number of nitrogens with zero attached hydrogens (tertiary/aromatic N) is 1. The number of rotatable bonds is 5. The third kappa shape index (κ3) is 3.97. The third-order valence-electron chi connectivity index (χ3n) is 3.40. The molecule has 0 atom stereocenters. The number of ether oxygens (including phenoxy) is 1. The molecule has 0 saturated carbocycles. The minimum atomic E-state index is -0.826. The number of carbonyl (C=O) groups is 2. The molecule has 2 aromatic rings. The average molecular weight is 348 g/mol. The number of carbonyl (C=O) groups excluding carboxylic acids is 2. The summed E-state index contributed by atoms with van der Waals surface area (Å²) < 4.78 is 4.95. The highest BCUT2D eigenvalue weighted by Gasteiger charge is 2.18. The number of nitro benzene ring substituents is 1. The molecule has 0 aliphatic heterocycles. The predicted octanol–water partition coefficient (Wildman–Crippen LogP) is 3.90. The molecule has 7 heteroatoms. The number of hydrogen-bond donors (Lipinski definition) is 0. The van der Waals surface area contributed by atoms with E-state index in [1.807, 2.05) is 13.0 Å². The van der Waals surface area contributed by atoms with Crippen LogP contribution >= 0.6 is 11.6 Å². The van der Waals surface area contributed by atoms with E-state index < -0.39 is 23.2 Å². The second-order valence-electron chi connectivity index (χ2n) is 5.24. The molecule has 0 spiro atoms. The van der Waals surface area contributed by atoms with Crippen molar-refractivity contribution in [2.75, 3.05) is 6.61 Å². The fraction of sp³-hybridized carbons (Fsp3) is 0.176. The van der Waals surface area contributed by atoms with Gasteiger partial charge in [-0.3, -0.25) is 14.9 Å². The molecule has 0 radical (unpaired) electrons. The summed E-state index contributed by atoms with van der Waals surface area (Å²) in [5.74, 6) is -1.17. The minimum absolute atomic E-state index is 0.0421. The third-order valence-corrected chi connectivity index (χ3v) is 3.71. The minimum Gasteiger partial charge on any atom is -0.454 e. The second-order valence-corrected chi connectivity index (χ2v) is 5.65. The Morgan fingerprint density at radius 1 is 1.17 bits per heavy atom. The highest BCUT2D eigenvalue weighted by Crippen LogP contribution is 2.25. The van der Waals surface area contributed by atoms with Crippen LogP contribution in [-0.4, -0.2) is 23.3 Å². The van der Waals surface area contributed by atoms with Gasteiger partial charge < -0.3 is 4.74 Å². The van der Waals surface area contributed by atoms with Crippen molar-refractivity contribution in [1.82, 2.24) is 0 Å². The Kier molecular flexibility index (Phi) is 5.31. The predicted molar refractivity (Wildman–Crippen MR) is 88.6 cm³/mol. The molecule has 0 amide bonds. The number of halogens is 1. The van der Waals surface area contributed by atoms with Crippen molar-refractivity contribution in [2.45, 2.75) is 13.8 Å². The largest absolute Gasteiger partial charge is 0.454 e. The van der Waals surface area contributed by atoms with Crippen molar-refractivity contribution >= 4 is 29.0 Å². The van der Waals surface area contributed by atoms with Crippen LogP contribution in [0.25, 0.3) is 0 Å². The maximum absolute atomic E-state index is 12.1. The number of hydrogen-bond acceptors (Lipinski definition) is 5. The maximum Gasteiger partial charge on any atom is 0.338 e. The summed E-state index contributed by atoms with van der Waals surface area (Å²) in [6.45, 7) is 3.26. The lowest BCUT2D eigenvalue weighted by Gasteiger charge is -2.07. The van der Waals surface area contributed by atoms with Crippen LogP contribution in [0, 0.1) is 24.0 Å². The summed E-state index contributed by atoms with van der Waals surface area (Å²) in [5.41, 5.74) is 1.84. The molecule has 0 bridgehead atoms. The SMILES string of the molecule is Cc1ccc(C(=O)COC(=O)c2ccc(Cl)c([N+](=O)[O-])c2)c(C)c1. The number of benzene rings is 2. The van der Waals surface area contributed by atoms with Gasteiger partial charge in [0, 0.05) is 11.6 Å². The second kappa shape index (κ2) is 7.23. The van der Waals surface area contributed by atoms with E-state index in [0.717, 1.165) is 17.2 Å². The van der Waals surface area contributed by atoms with E-state index in [1.165, 1.54) is 12.1 Å². The molecule has 0 aromatic heterocycles. The van der Waals surface area contributed by atoms with E-state index in [1.54, 1.807) is 19.1 Å². The first kappa shape index (κ1) is 17.6. The zero-order valence-corrected chi connectivity index (χ0v) is 13.8. The molecule has 2 rings (SSSR count). The molecule has 0 saturated heterocycles. The Morgan fingerprint density at radius 3 is 2.50 bits per heavy atom. The number of Topliss-reactive ketones (excluding diaryl/α,β-unsaturated/α-hetero) is 1. The normalized spacial score (nSPS) is 10.3. The van der Waals surface area contributed by atoms with Gasteiger partial charge in [-0.05, 0) is 31.5 Å². The first-order valence-corrected chi connectivity index (χ1v) is 7.39. The molecule has 0 aliphatic rings. The van der Waals surface area contributed by atoms with Gasteiger partial charge in [-0.1, -0.05) is 35.4 Å². The fourth-order valence-corrected chi connectivity index (χ4v) is 2.38. The molecular weight excluding hydrogens is 334 g/mol. The Bertz CT molecular complexity index is 832. The zero-order chi connectivity index (χ0) is 17.9. The molecule has 24 heavy (non-hydrogen) atoms. The van der Waals surface area contributed by atoms with Gasteiger partial charge in [0.15, 0.2) is 6.61 Å². The fourth-order valence-electron chi connectivity index (χ4n) is 2.20. The van der Waals surface area contributed by atoms with Gasteiger partial charge in [0.25, 0.3) is 5.69 Å². The summed E-state index contributed by atoms with van der Waals surface area (Å²) in [4.78, 5) is 34.2. The molecule has 0 fully saturated rings. The van der Waals surface area contributed by atoms with Gasteiger partial charge in [-0.25, -0.2) is 4.79 Å². The lowest BCUT2D eigenvalue weighted by molar-refractivity contribution is -0.384. The number of nitro groups is 1. The van der Waals surface area contributed by atoms with E-state index in [0.29, 0.717) is 5.56 Å². The van der Waals surface area contributed by atoms with Crippen molar-refractivity contribution in [1.29, 1.82) is 0 Å². The van der Waals surface area contributed by atoms with E-state index in [-0.39, 0.29) is 16.4 Å². The van der Waals surface area contributed by atoms with Gasteiger partial charge in [-0.2, -0.15) is 0 Å². The van der Waals surface area contributed by atoms with E-state index in [4.69, 9.17) is 16.3 Å². The Labute approximate surface area is 143 Å². The lowest BCUT2D eigenvalue weighted by atomic mass is 10.0. The van der Waals surface area contributed by atoms with E-state index in [9.17, 15) is 19.7 Å². The molecule has 0 heterocycles. The van der Waals surface area contributed by atoms with Crippen molar-refractivity contribution in [3.05, 3.63) is 73.8 Å². The smallest absolute Gasteiger partial charge is 0.338 e. The molecule has 0 aliphatic carbocycles. The van der Waals surface area contributed by atoms with Gasteiger partial charge in [0.05, 0.1) is 10.5 Å². The summed E-state index contributed by atoms with van der Waals surface area (Å²) in [7, 11) is 0. The molecule has 6 nitrogen and oxygen atoms in total. The number of esters is 1. The summed E-state index contributed by atoms with van der Waals surface area (Å²) in [6.07, 6.45) is 0. The molecular formula is C17H14ClNO5. The maximum atomic E-state index is 12.1. The van der Waals surface area contributed by atoms with Crippen molar-refractivity contribution < 1.29 is 19.2 Å². The van der Waals surface area contributed by atoms with Crippen LogP contribution in [0.2, 0.25) is 5.02 Å². The monoisotopic (exact) mass is 347 g/mol. The van der Waals surface area contributed by atoms with Crippen LogP contribution in [0.15, 0.2) is 36.4 Å². The van der Waals surface area contributed by atoms with Crippen LogP contribution in [0.5, 0.6) is 0 Å². The molecule has 0 N–H and O–H groups in total. The van der Waals surface area contributed by atoms with Crippen LogP contribution < -0.4 is 0 Å². The van der Waals surface area contributed by atoms with Gasteiger partial charge >= 0.3 is 5.97 Å². The quantitative estimate of drug-likeness (QED) is 0.354. The highest BCUT2D eigenvalue weighted by molar-refractivity contribution is 6.32. The van der Waals surface area contributed by atoms with Crippen LogP contribution in [0.4, 0.5) is 5.69 Å². The molecule has 2 aromatic carbocycles. The Morgan fingerprint density at radius 2 is 1.88 bits per heavy atom. The molecule has 124 valence electrons. The first-order chi connectivity index (χ1) is 11.3. The molecule has 0 unspecified atom stereocenters. The van der Waals surface area contributed by atoms with E-state index in [2.05, 4.69) is 0 Å². The van der Waals surface area contributed by atoms with Crippen LogP contribution in [0.1, 0.15) is 31.8 Å². The van der Waals surface area contributed by atoms with Gasteiger partial charge in [-0.15, -0.1) is 0 Å². The van der Waals surface area contributed by atoms with E-state index >= 15 is 0 Å². The summed E-state index contributed by atoms with van der Waals surface area (Å²) in [5, 5.41) is 10.7. The first-order valence-electron chi connectivity index (χ1n) is 7.01. The lowest BCUT2D eigenvalue weighted by Crippen LogP contribution is -2.15.